The lowest BCUT2D eigenvalue weighted by Gasteiger charge is -2.02. The molecule has 1 aromatic heterocycles. The van der Waals surface area contributed by atoms with Crippen LogP contribution in [0.3, 0.4) is 0 Å². The van der Waals surface area contributed by atoms with Crippen molar-refractivity contribution >= 4 is 17.3 Å². The molecule has 0 saturated carbocycles. The van der Waals surface area contributed by atoms with Gasteiger partial charge in [-0.1, -0.05) is 0 Å². The standard InChI is InChI=1S/C12H11ClN2O4/c1-18-10-3-2-8(6-9(10)15(16)17)11-7-14-12(19-11)4-5-13/h2-3,6-7H,4-5H2,1H3. The molecule has 2 aromatic rings. The van der Waals surface area contributed by atoms with Gasteiger partial charge < -0.3 is 9.15 Å². The van der Waals surface area contributed by atoms with Gasteiger partial charge in [0.1, 0.15) is 0 Å². The number of hydrogen-bond donors (Lipinski definition) is 0. The number of halogens is 1. The van der Waals surface area contributed by atoms with Crippen molar-refractivity contribution in [1.82, 2.24) is 4.98 Å². The van der Waals surface area contributed by atoms with E-state index in [1.54, 1.807) is 6.07 Å². The molecule has 0 N–H and O–H groups in total. The smallest absolute Gasteiger partial charge is 0.311 e. The quantitative estimate of drug-likeness (QED) is 0.478. The molecule has 0 aliphatic rings. The summed E-state index contributed by atoms with van der Waals surface area (Å²) in [6, 6.07) is 4.60. The molecule has 0 fully saturated rings. The number of alkyl halides is 1. The third-order valence-electron chi connectivity index (χ3n) is 2.52. The SMILES string of the molecule is COc1ccc(-c2cnc(CCCl)o2)cc1[N+](=O)[O-]. The van der Waals surface area contributed by atoms with Crippen LogP contribution in [0.5, 0.6) is 5.75 Å². The second kappa shape index (κ2) is 5.71. The van der Waals surface area contributed by atoms with E-state index in [1.807, 2.05) is 0 Å². The van der Waals surface area contributed by atoms with E-state index in [-0.39, 0.29) is 11.4 Å². The highest BCUT2D eigenvalue weighted by molar-refractivity contribution is 6.17. The van der Waals surface area contributed by atoms with Crippen molar-refractivity contribution in [2.45, 2.75) is 6.42 Å². The summed E-state index contributed by atoms with van der Waals surface area (Å²) in [6.07, 6.45) is 2.03. The molecule has 0 radical (unpaired) electrons. The molecule has 7 heteroatoms. The number of ether oxygens (including phenoxy) is 1. The Labute approximate surface area is 114 Å². The summed E-state index contributed by atoms with van der Waals surface area (Å²) in [4.78, 5) is 14.5. The van der Waals surface area contributed by atoms with E-state index in [9.17, 15) is 10.1 Å². The Hall–Kier alpha value is -2.08. The van der Waals surface area contributed by atoms with Gasteiger partial charge >= 0.3 is 5.69 Å². The topological polar surface area (TPSA) is 78.4 Å². The molecule has 0 amide bonds. The fourth-order valence-electron chi connectivity index (χ4n) is 1.63. The van der Waals surface area contributed by atoms with E-state index < -0.39 is 4.92 Å². The molecule has 0 spiro atoms. The molecule has 19 heavy (non-hydrogen) atoms. The van der Waals surface area contributed by atoms with Crippen molar-refractivity contribution in [2.75, 3.05) is 13.0 Å². The van der Waals surface area contributed by atoms with Crippen molar-refractivity contribution in [1.29, 1.82) is 0 Å². The third kappa shape index (κ3) is 2.85. The van der Waals surface area contributed by atoms with Gasteiger partial charge in [-0.2, -0.15) is 0 Å². The highest BCUT2D eigenvalue weighted by atomic mass is 35.5. The third-order valence-corrected chi connectivity index (χ3v) is 2.71. The Bertz CT molecular complexity index is 597. The van der Waals surface area contributed by atoms with Gasteiger partial charge in [-0.15, -0.1) is 11.6 Å². The summed E-state index contributed by atoms with van der Waals surface area (Å²) in [6.45, 7) is 0. The van der Waals surface area contributed by atoms with E-state index >= 15 is 0 Å². The van der Waals surface area contributed by atoms with Crippen molar-refractivity contribution in [3.05, 3.63) is 40.4 Å². The lowest BCUT2D eigenvalue weighted by Crippen LogP contribution is -1.93. The highest BCUT2D eigenvalue weighted by Crippen LogP contribution is 2.32. The minimum absolute atomic E-state index is 0.115. The number of oxazole rings is 1. The number of nitro benzene ring substituents is 1. The highest BCUT2D eigenvalue weighted by Gasteiger charge is 2.17. The first-order valence-corrected chi connectivity index (χ1v) is 6.02. The van der Waals surface area contributed by atoms with Gasteiger partial charge in [-0.05, 0) is 12.1 Å². The fraction of sp³-hybridized carbons (Fsp3) is 0.250. The lowest BCUT2D eigenvalue weighted by molar-refractivity contribution is -0.385. The van der Waals surface area contributed by atoms with Crippen LogP contribution < -0.4 is 4.74 Å². The molecule has 1 heterocycles. The number of nitro groups is 1. The van der Waals surface area contributed by atoms with Crippen molar-refractivity contribution in [3.63, 3.8) is 0 Å². The predicted molar refractivity (Wildman–Crippen MR) is 69.6 cm³/mol. The molecule has 0 saturated heterocycles. The molecule has 0 unspecified atom stereocenters. The van der Waals surface area contributed by atoms with Gasteiger partial charge in [-0.25, -0.2) is 4.98 Å². The Kier molecular flexibility index (Phi) is 4.01. The van der Waals surface area contributed by atoms with Gasteiger partial charge in [0, 0.05) is 23.9 Å². The van der Waals surface area contributed by atoms with E-state index in [4.69, 9.17) is 20.8 Å². The zero-order chi connectivity index (χ0) is 13.8. The Morgan fingerprint density at radius 2 is 2.32 bits per heavy atom. The maximum atomic E-state index is 10.9. The second-order valence-corrected chi connectivity index (χ2v) is 4.08. The van der Waals surface area contributed by atoms with Crippen LogP contribution in [0.4, 0.5) is 5.69 Å². The first-order valence-electron chi connectivity index (χ1n) is 5.49. The fourth-order valence-corrected chi connectivity index (χ4v) is 1.79. The average Bonchev–Trinajstić information content (AvgIpc) is 2.87. The largest absolute Gasteiger partial charge is 0.490 e. The van der Waals surface area contributed by atoms with Crippen LogP contribution in [0, 0.1) is 10.1 Å². The summed E-state index contributed by atoms with van der Waals surface area (Å²) in [5.74, 6) is 1.58. The minimum atomic E-state index is -0.502. The number of nitrogens with zero attached hydrogens (tertiary/aromatic N) is 2. The van der Waals surface area contributed by atoms with E-state index in [0.29, 0.717) is 29.5 Å². The predicted octanol–water partition coefficient (Wildman–Crippen LogP) is 3.04. The molecular weight excluding hydrogens is 272 g/mol. The number of methoxy groups -OCH3 is 1. The summed E-state index contributed by atoms with van der Waals surface area (Å²) in [5.41, 5.74) is 0.455. The molecule has 6 nitrogen and oxygen atoms in total. The van der Waals surface area contributed by atoms with Gasteiger partial charge in [-0.3, -0.25) is 10.1 Å². The maximum Gasteiger partial charge on any atom is 0.311 e. The lowest BCUT2D eigenvalue weighted by atomic mass is 10.1. The molecule has 100 valence electrons. The van der Waals surface area contributed by atoms with Gasteiger partial charge in [0.15, 0.2) is 17.4 Å². The Morgan fingerprint density at radius 3 is 2.95 bits per heavy atom. The summed E-state index contributed by atoms with van der Waals surface area (Å²) < 4.78 is 10.4. The maximum absolute atomic E-state index is 10.9. The number of hydrogen-bond acceptors (Lipinski definition) is 5. The van der Waals surface area contributed by atoms with Crippen LogP contribution in [0.15, 0.2) is 28.8 Å². The molecule has 0 bridgehead atoms. The van der Waals surface area contributed by atoms with Gasteiger partial charge in [0.25, 0.3) is 0 Å². The van der Waals surface area contributed by atoms with Crippen molar-refractivity contribution in [2.24, 2.45) is 0 Å². The van der Waals surface area contributed by atoms with Crippen LogP contribution in [0.25, 0.3) is 11.3 Å². The van der Waals surface area contributed by atoms with Crippen molar-refractivity contribution < 1.29 is 14.1 Å². The van der Waals surface area contributed by atoms with E-state index in [1.165, 1.54) is 25.4 Å². The van der Waals surface area contributed by atoms with E-state index in [2.05, 4.69) is 4.98 Å². The van der Waals surface area contributed by atoms with Crippen LogP contribution >= 0.6 is 11.6 Å². The summed E-state index contributed by atoms with van der Waals surface area (Å²) >= 11 is 5.59. The molecular formula is C12H11ClN2O4. The summed E-state index contributed by atoms with van der Waals surface area (Å²) in [7, 11) is 1.38. The van der Waals surface area contributed by atoms with Crippen molar-refractivity contribution in [3.8, 4) is 17.1 Å². The zero-order valence-corrected chi connectivity index (χ0v) is 10.9. The molecule has 1 aromatic carbocycles. The summed E-state index contributed by atoms with van der Waals surface area (Å²) in [5, 5.41) is 10.9. The first-order chi connectivity index (χ1) is 9.15. The average molecular weight is 283 g/mol. The van der Waals surface area contributed by atoms with Crippen LogP contribution in [-0.4, -0.2) is 22.9 Å². The molecule has 0 atom stereocenters. The first kappa shape index (κ1) is 13.4. The zero-order valence-electron chi connectivity index (χ0n) is 10.1. The van der Waals surface area contributed by atoms with Crippen LogP contribution in [0.2, 0.25) is 0 Å². The second-order valence-electron chi connectivity index (χ2n) is 3.70. The Morgan fingerprint density at radius 1 is 1.53 bits per heavy atom. The number of rotatable bonds is 5. The Balaban J connectivity index is 2.39. The normalized spacial score (nSPS) is 10.4. The van der Waals surface area contributed by atoms with E-state index in [0.717, 1.165) is 0 Å². The minimum Gasteiger partial charge on any atom is -0.490 e. The monoisotopic (exact) mass is 282 g/mol. The number of aryl methyl sites for hydroxylation is 1. The van der Waals surface area contributed by atoms with Crippen LogP contribution in [0.1, 0.15) is 5.89 Å². The number of aromatic nitrogens is 1. The van der Waals surface area contributed by atoms with Crippen LogP contribution in [-0.2, 0) is 6.42 Å². The molecule has 2 rings (SSSR count). The molecule has 0 aliphatic carbocycles. The molecule has 0 aliphatic heterocycles. The van der Waals surface area contributed by atoms with Gasteiger partial charge in [0.2, 0.25) is 0 Å². The van der Waals surface area contributed by atoms with Gasteiger partial charge in [0.05, 0.1) is 18.2 Å². The number of benzene rings is 1.